The molecule has 4 N–H and O–H groups in total. The Balaban J connectivity index is 1.67. The van der Waals surface area contributed by atoms with E-state index in [1.807, 2.05) is 0 Å². The molecule has 1 atom stereocenters. The van der Waals surface area contributed by atoms with Crippen LogP contribution in [0.15, 0.2) is 54.9 Å². The maximum atomic E-state index is 15.2. The molecule has 0 spiro atoms. The van der Waals surface area contributed by atoms with Crippen LogP contribution in [0.3, 0.4) is 0 Å². The zero-order valence-electron chi connectivity index (χ0n) is 21.1. The predicted molar refractivity (Wildman–Crippen MR) is 145 cm³/mol. The lowest BCUT2D eigenvalue weighted by atomic mass is 9.99. The highest BCUT2D eigenvalue weighted by Gasteiger charge is 2.26. The zero-order valence-corrected chi connectivity index (χ0v) is 21.9. The SMILES string of the molecule is CCCS(=O)(=O)Nc1ccc(F)c(C(=O)c2c[nH]c3ncc(-c4ccc(NC(CC=O)C(=O)O)cc4)cc23)c1F. The molecule has 0 saturated carbocycles. The molecule has 10 nitrogen and oxygen atoms in total. The van der Waals surface area contributed by atoms with Gasteiger partial charge in [0.25, 0.3) is 0 Å². The standard InChI is InChI=1S/C27H24F2N4O6S/c1-2-11-40(38,39)33-21-8-7-20(28)23(24(21)29)25(35)19-14-31-26-18(19)12-16(13-30-26)15-3-5-17(6-4-15)32-22(9-10-34)27(36)37/h3-8,10,12-14,22,32-33H,2,9,11H2,1H3,(H,30,31)(H,36,37). The van der Waals surface area contributed by atoms with Crippen LogP contribution in [0, 0.1) is 11.6 Å². The second-order valence-electron chi connectivity index (χ2n) is 8.87. The Hall–Kier alpha value is -4.65. The monoisotopic (exact) mass is 570 g/mol. The number of anilines is 2. The average Bonchev–Trinajstić information content (AvgIpc) is 3.34. The fraction of sp³-hybridized carbons (Fsp3) is 0.185. The number of hydrogen-bond donors (Lipinski definition) is 4. The number of ketones is 1. The lowest BCUT2D eigenvalue weighted by molar-refractivity contribution is -0.138. The molecule has 2 heterocycles. The molecule has 2 aromatic heterocycles. The molecule has 0 radical (unpaired) electrons. The van der Waals surface area contributed by atoms with Crippen molar-refractivity contribution in [2.75, 3.05) is 15.8 Å². The third-order valence-electron chi connectivity index (χ3n) is 6.02. The normalized spacial score (nSPS) is 12.2. The van der Waals surface area contributed by atoms with Crippen molar-refractivity contribution < 1.29 is 36.7 Å². The molecule has 4 aromatic rings. The van der Waals surface area contributed by atoms with Gasteiger partial charge in [-0.2, -0.15) is 0 Å². The van der Waals surface area contributed by atoms with Crippen molar-refractivity contribution in [1.29, 1.82) is 0 Å². The molecule has 0 aliphatic rings. The summed E-state index contributed by atoms with van der Waals surface area (Å²) in [6.45, 7) is 1.63. The van der Waals surface area contributed by atoms with Gasteiger partial charge in [-0.05, 0) is 42.3 Å². The summed E-state index contributed by atoms with van der Waals surface area (Å²) in [4.78, 5) is 42.4. The van der Waals surface area contributed by atoms with Crippen molar-refractivity contribution in [2.45, 2.75) is 25.8 Å². The number of carbonyl (C=O) groups is 3. The summed E-state index contributed by atoms with van der Waals surface area (Å²) < 4.78 is 56.2. The van der Waals surface area contributed by atoms with Crippen LogP contribution in [0.4, 0.5) is 20.2 Å². The van der Waals surface area contributed by atoms with Gasteiger partial charge in [-0.3, -0.25) is 9.52 Å². The van der Waals surface area contributed by atoms with Gasteiger partial charge in [-0.15, -0.1) is 0 Å². The number of sulfonamides is 1. The number of hydrogen-bond acceptors (Lipinski definition) is 7. The number of carbonyl (C=O) groups excluding carboxylic acids is 2. The van der Waals surface area contributed by atoms with E-state index in [4.69, 9.17) is 0 Å². The van der Waals surface area contributed by atoms with Gasteiger partial charge in [0.2, 0.25) is 15.8 Å². The highest BCUT2D eigenvalue weighted by atomic mass is 32.2. The second kappa shape index (κ2) is 11.6. The van der Waals surface area contributed by atoms with Crippen molar-refractivity contribution >= 4 is 50.5 Å². The predicted octanol–water partition coefficient (Wildman–Crippen LogP) is 4.34. The Morgan fingerprint density at radius 3 is 2.50 bits per heavy atom. The molecule has 0 fully saturated rings. The van der Waals surface area contributed by atoms with E-state index in [1.54, 1.807) is 37.3 Å². The minimum atomic E-state index is -3.89. The molecule has 0 aliphatic carbocycles. The number of halogens is 2. The number of aliphatic carboxylic acids is 1. The summed E-state index contributed by atoms with van der Waals surface area (Å²) in [7, 11) is -3.89. The van der Waals surface area contributed by atoms with Gasteiger partial charge in [-0.1, -0.05) is 19.1 Å². The molecule has 0 saturated heterocycles. The van der Waals surface area contributed by atoms with Gasteiger partial charge in [0, 0.05) is 41.0 Å². The van der Waals surface area contributed by atoms with Gasteiger partial charge < -0.3 is 20.2 Å². The zero-order chi connectivity index (χ0) is 29.0. The molecule has 0 bridgehead atoms. The Morgan fingerprint density at radius 1 is 1.12 bits per heavy atom. The van der Waals surface area contributed by atoms with Crippen molar-refractivity contribution in [2.24, 2.45) is 0 Å². The summed E-state index contributed by atoms with van der Waals surface area (Å²) in [6.07, 6.45) is 3.36. The summed E-state index contributed by atoms with van der Waals surface area (Å²) in [6, 6.07) is 8.81. The van der Waals surface area contributed by atoms with E-state index in [2.05, 4.69) is 20.0 Å². The molecular formula is C27H24F2N4O6S. The first-order valence-electron chi connectivity index (χ1n) is 12.1. The fourth-order valence-electron chi connectivity index (χ4n) is 4.09. The third kappa shape index (κ3) is 5.99. The third-order valence-corrected chi connectivity index (χ3v) is 7.50. The van der Waals surface area contributed by atoms with Crippen LogP contribution >= 0.6 is 0 Å². The van der Waals surface area contributed by atoms with Gasteiger partial charge in [0.15, 0.2) is 5.82 Å². The molecule has 1 unspecified atom stereocenters. The number of aldehydes is 1. The van der Waals surface area contributed by atoms with Gasteiger partial charge in [0.1, 0.15) is 23.8 Å². The smallest absolute Gasteiger partial charge is 0.326 e. The van der Waals surface area contributed by atoms with Gasteiger partial charge in [0.05, 0.1) is 17.0 Å². The van der Waals surface area contributed by atoms with E-state index >= 15 is 4.39 Å². The maximum absolute atomic E-state index is 15.2. The number of pyridine rings is 1. The molecule has 4 rings (SSSR count). The highest BCUT2D eigenvalue weighted by Crippen LogP contribution is 2.30. The summed E-state index contributed by atoms with van der Waals surface area (Å²) in [5, 5.41) is 12.2. The minimum Gasteiger partial charge on any atom is -0.480 e. The Labute approximate surface area is 227 Å². The van der Waals surface area contributed by atoms with Crippen molar-refractivity contribution in [3.63, 3.8) is 0 Å². The molecular weight excluding hydrogens is 546 g/mol. The van der Waals surface area contributed by atoms with E-state index in [9.17, 15) is 32.3 Å². The van der Waals surface area contributed by atoms with Crippen LogP contribution in [0.1, 0.15) is 35.7 Å². The fourth-order valence-corrected chi connectivity index (χ4v) is 5.22. The van der Waals surface area contributed by atoms with Crippen LogP contribution in [0.25, 0.3) is 22.2 Å². The molecule has 13 heteroatoms. The number of benzene rings is 2. The Kier molecular flexibility index (Phi) is 8.24. The van der Waals surface area contributed by atoms with Crippen LogP contribution in [0.5, 0.6) is 0 Å². The van der Waals surface area contributed by atoms with Gasteiger partial charge in [-0.25, -0.2) is 27.0 Å². The number of aromatic amines is 1. The van der Waals surface area contributed by atoms with Gasteiger partial charge >= 0.3 is 5.97 Å². The number of nitrogens with one attached hydrogen (secondary N) is 3. The first kappa shape index (κ1) is 28.4. The van der Waals surface area contributed by atoms with Crippen LogP contribution in [-0.2, 0) is 19.6 Å². The van der Waals surface area contributed by atoms with E-state index in [0.29, 0.717) is 23.1 Å². The molecule has 0 amide bonds. The van der Waals surface area contributed by atoms with E-state index < -0.39 is 50.7 Å². The minimum absolute atomic E-state index is 0.0767. The largest absolute Gasteiger partial charge is 0.480 e. The summed E-state index contributed by atoms with van der Waals surface area (Å²) >= 11 is 0. The van der Waals surface area contributed by atoms with Crippen molar-refractivity contribution in [1.82, 2.24) is 9.97 Å². The molecule has 40 heavy (non-hydrogen) atoms. The number of carboxylic acids is 1. The second-order valence-corrected chi connectivity index (χ2v) is 10.7. The number of fused-ring (bicyclic) bond motifs is 1. The first-order valence-corrected chi connectivity index (χ1v) is 13.7. The van der Waals surface area contributed by atoms with Crippen LogP contribution < -0.4 is 10.0 Å². The first-order chi connectivity index (χ1) is 19.0. The van der Waals surface area contributed by atoms with Crippen LogP contribution in [-0.4, -0.2) is 53.3 Å². The number of nitrogens with zero attached hydrogens (tertiary/aromatic N) is 1. The van der Waals surface area contributed by atoms with Crippen molar-refractivity contribution in [3.05, 3.63) is 77.6 Å². The van der Waals surface area contributed by atoms with E-state index in [-0.39, 0.29) is 35.2 Å². The molecule has 2 aromatic carbocycles. The average molecular weight is 571 g/mol. The summed E-state index contributed by atoms with van der Waals surface area (Å²) in [5.41, 5.74) is 0.413. The molecule has 208 valence electrons. The highest BCUT2D eigenvalue weighted by molar-refractivity contribution is 7.92. The van der Waals surface area contributed by atoms with Crippen molar-refractivity contribution in [3.8, 4) is 11.1 Å². The lowest BCUT2D eigenvalue weighted by Gasteiger charge is -2.13. The maximum Gasteiger partial charge on any atom is 0.326 e. The lowest BCUT2D eigenvalue weighted by Crippen LogP contribution is -2.29. The molecule has 0 aliphatic heterocycles. The number of aromatic nitrogens is 2. The van der Waals surface area contributed by atoms with E-state index in [1.165, 1.54) is 12.4 Å². The Bertz CT molecular complexity index is 1700. The van der Waals surface area contributed by atoms with Crippen LogP contribution in [0.2, 0.25) is 0 Å². The number of carboxylic acid groups (broad SMARTS) is 1. The summed E-state index contributed by atoms with van der Waals surface area (Å²) in [5.74, 6) is -4.95. The van der Waals surface area contributed by atoms with E-state index in [0.717, 1.165) is 12.1 Å². The quantitative estimate of drug-likeness (QED) is 0.145. The number of rotatable bonds is 12. The number of H-pyrrole nitrogens is 1. The Morgan fingerprint density at radius 2 is 1.85 bits per heavy atom. The topological polar surface area (TPSA) is 158 Å².